The molecule has 0 radical (unpaired) electrons. The summed E-state index contributed by atoms with van der Waals surface area (Å²) in [6, 6.07) is 9.32. The number of carbonyl (C=O) groups is 1. The molecule has 2 rings (SSSR count). The first-order chi connectivity index (χ1) is 11.3. The van der Waals surface area contributed by atoms with E-state index in [1.165, 1.54) is 43.5 Å². The Bertz CT molecular complexity index is 834. The molecule has 2 aromatic carbocycles. The van der Waals surface area contributed by atoms with Crippen LogP contribution in [0.25, 0.3) is 0 Å². The second-order valence-electron chi connectivity index (χ2n) is 4.90. The van der Waals surface area contributed by atoms with Crippen LogP contribution in [0.3, 0.4) is 0 Å². The van der Waals surface area contributed by atoms with Crippen molar-refractivity contribution in [1.29, 1.82) is 0 Å². The van der Waals surface area contributed by atoms with Crippen molar-refractivity contribution < 1.29 is 27.1 Å². The predicted molar refractivity (Wildman–Crippen MR) is 85.9 cm³/mol. The number of nitrogens with one attached hydrogen (secondary N) is 1. The number of benzene rings is 2. The fourth-order valence-corrected chi connectivity index (χ4v) is 2.95. The molecule has 0 amide bonds. The van der Waals surface area contributed by atoms with Gasteiger partial charge in [-0.1, -0.05) is 6.07 Å². The number of rotatable bonds is 6. The van der Waals surface area contributed by atoms with E-state index in [1.807, 2.05) is 0 Å². The Morgan fingerprint density at radius 3 is 2.46 bits per heavy atom. The van der Waals surface area contributed by atoms with Gasteiger partial charge in [0.2, 0.25) is 0 Å². The van der Waals surface area contributed by atoms with Crippen LogP contribution in [0.4, 0.5) is 10.1 Å². The minimum Gasteiger partial charge on any atom is -0.482 e. The fourth-order valence-electron chi connectivity index (χ4n) is 1.82. The minimum atomic E-state index is -3.87. The molecule has 0 aliphatic rings. The van der Waals surface area contributed by atoms with Crippen molar-refractivity contribution in [3.05, 3.63) is 53.8 Å². The van der Waals surface area contributed by atoms with Gasteiger partial charge in [0.25, 0.3) is 10.0 Å². The van der Waals surface area contributed by atoms with Crippen molar-refractivity contribution in [2.24, 2.45) is 0 Å². The molecule has 0 saturated heterocycles. The van der Waals surface area contributed by atoms with Crippen LogP contribution in [-0.2, 0) is 19.6 Å². The van der Waals surface area contributed by atoms with Crippen LogP contribution in [0.2, 0.25) is 0 Å². The lowest BCUT2D eigenvalue weighted by molar-refractivity contribution is -0.142. The lowest BCUT2D eigenvalue weighted by Crippen LogP contribution is -2.14. The van der Waals surface area contributed by atoms with E-state index in [9.17, 15) is 17.6 Å². The molecule has 0 atom stereocenters. The summed E-state index contributed by atoms with van der Waals surface area (Å²) in [6.45, 7) is 1.39. The quantitative estimate of drug-likeness (QED) is 0.807. The lowest BCUT2D eigenvalue weighted by atomic mass is 10.2. The Labute approximate surface area is 139 Å². The molecule has 0 unspecified atom stereocenters. The summed E-state index contributed by atoms with van der Waals surface area (Å²) in [5.41, 5.74) is 0.763. The normalized spacial score (nSPS) is 11.0. The zero-order valence-corrected chi connectivity index (χ0v) is 13.9. The number of aryl methyl sites for hydroxylation is 1. The van der Waals surface area contributed by atoms with Gasteiger partial charge in [-0.2, -0.15) is 0 Å². The Morgan fingerprint density at radius 2 is 1.83 bits per heavy atom. The maximum atomic E-state index is 13.3. The van der Waals surface area contributed by atoms with E-state index in [4.69, 9.17) is 4.74 Å². The van der Waals surface area contributed by atoms with Crippen LogP contribution in [0.15, 0.2) is 47.4 Å². The predicted octanol–water partition coefficient (Wildman–Crippen LogP) is 2.49. The lowest BCUT2D eigenvalue weighted by Gasteiger charge is -2.11. The molecule has 24 heavy (non-hydrogen) atoms. The van der Waals surface area contributed by atoms with Crippen LogP contribution >= 0.6 is 0 Å². The Morgan fingerprint density at radius 1 is 1.17 bits per heavy atom. The van der Waals surface area contributed by atoms with Gasteiger partial charge in [0.1, 0.15) is 11.6 Å². The third kappa shape index (κ3) is 4.45. The van der Waals surface area contributed by atoms with Crippen LogP contribution in [-0.4, -0.2) is 28.1 Å². The molecule has 0 aromatic heterocycles. The van der Waals surface area contributed by atoms with Crippen LogP contribution in [0, 0.1) is 12.7 Å². The van der Waals surface area contributed by atoms with Crippen molar-refractivity contribution in [2.45, 2.75) is 11.8 Å². The number of halogens is 1. The molecule has 0 saturated carbocycles. The summed E-state index contributed by atoms with van der Waals surface area (Å²) in [6.07, 6.45) is 0. The number of ether oxygens (including phenoxy) is 2. The van der Waals surface area contributed by atoms with Crippen LogP contribution in [0.5, 0.6) is 5.75 Å². The van der Waals surface area contributed by atoms with Gasteiger partial charge in [-0.05, 0) is 48.9 Å². The summed E-state index contributed by atoms with van der Waals surface area (Å²) in [5, 5.41) is 0. The van der Waals surface area contributed by atoms with Crippen LogP contribution < -0.4 is 9.46 Å². The molecular weight excluding hydrogens is 337 g/mol. The highest BCUT2D eigenvalue weighted by atomic mass is 32.2. The number of esters is 1. The molecule has 0 heterocycles. The standard InChI is InChI=1S/C16H16FNO5S/c1-11-3-4-12(17)9-15(11)18-24(20,21)14-7-5-13(6-8-14)23-10-16(19)22-2/h3-9,18H,10H2,1-2H3. The SMILES string of the molecule is COC(=O)COc1ccc(S(=O)(=O)Nc2cc(F)ccc2C)cc1. The first kappa shape index (κ1) is 17.7. The third-order valence-corrected chi connectivity index (χ3v) is 4.54. The molecule has 6 nitrogen and oxygen atoms in total. The summed E-state index contributed by atoms with van der Waals surface area (Å²) in [4.78, 5) is 11.0. The Balaban J connectivity index is 2.14. The number of hydrogen-bond acceptors (Lipinski definition) is 5. The van der Waals surface area contributed by atoms with Gasteiger partial charge in [-0.3, -0.25) is 4.72 Å². The fraction of sp³-hybridized carbons (Fsp3) is 0.188. The molecule has 0 fully saturated rings. The smallest absolute Gasteiger partial charge is 0.343 e. The average molecular weight is 353 g/mol. The highest BCUT2D eigenvalue weighted by molar-refractivity contribution is 7.92. The van der Waals surface area contributed by atoms with Gasteiger partial charge >= 0.3 is 5.97 Å². The highest BCUT2D eigenvalue weighted by Gasteiger charge is 2.16. The molecule has 8 heteroatoms. The first-order valence-corrected chi connectivity index (χ1v) is 8.39. The number of methoxy groups -OCH3 is 1. The summed E-state index contributed by atoms with van der Waals surface area (Å²) in [5.74, 6) is -0.763. The number of carbonyl (C=O) groups excluding carboxylic acids is 1. The zero-order valence-electron chi connectivity index (χ0n) is 13.1. The van der Waals surface area contributed by atoms with E-state index in [0.717, 1.165) is 6.07 Å². The van der Waals surface area contributed by atoms with E-state index >= 15 is 0 Å². The number of hydrogen-bond donors (Lipinski definition) is 1. The average Bonchev–Trinajstić information content (AvgIpc) is 2.56. The second kappa shape index (κ2) is 7.31. The van der Waals surface area contributed by atoms with E-state index in [2.05, 4.69) is 9.46 Å². The maximum Gasteiger partial charge on any atom is 0.343 e. The molecule has 128 valence electrons. The summed E-state index contributed by atoms with van der Waals surface area (Å²) < 4.78 is 49.9. The summed E-state index contributed by atoms with van der Waals surface area (Å²) >= 11 is 0. The molecule has 1 N–H and O–H groups in total. The monoisotopic (exact) mass is 353 g/mol. The van der Waals surface area contributed by atoms with Crippen molar-refractivity contribution in [2.75, 3.05) is 18.4 Å². The number of anilines is 1. The van der Waals surface area contributed by atoms with E-state index < -0.39 is 21.8 Å². The zero-order chi connectivity index (χ0) is 17.7. The van der Waals surface area contributed by atoms with Crippen molar-refractivity contribution in [3.63, 3.8) is 0 Å². The van der Waals surface area contributed by atoms with E-state index in [-0.39, 0.29) is 17.2 Å². The second-order valence-corrected chi connectivity index (χ2v) is 6.58. The van der Waals surface area contributed by atoms with Crippen LogP contribution in [0.1, 0.15) is 5.56 Å². The third-order valence-electron chi connectivity index (χ3n) is 3.16. The van der Waals surface area contributed by atoms with Gasteiger partial charge in [-0.25, -0.2) is 17.6 Å². The molecule has 2 aromatic rings. The van der Waals surface area contributed by atoms with E-state index in [1.54, 1.807) is 6.92 Å². The summed E-state index contributed by atoms with van der Waals surface area (Å²) in [7, 11) is -2.63. The molecule has 0 aliphatic heterocycles. The van der Waals surface area contributed by atoms with Gasteiger partial charge in [0.05, 0.1) is 17.7 Å². The number of sulfonamides is 1. The van der Waals surface area contributed by atoms with Crippen molar-refractivity contribution in [1.82, 2.24) is 0 Å². The van der Waals surface area contributed by atoms with Crippen molar-refractivity contribution in [3.8, 4) is 5.75 Å². The Kier molecular flexibility index (Phi) is 5.40. The van der Waals surface area contributed by atoms with Gasteiger partial charge in [0, 0.05) is 0 Å². The van der Waals surface area contributed by atoms with Gasteiger partial charge in [0.15, 0.2) is 6.61 Å². The first-order valence-electron chi connectivity index (χ1n) is 6.90. The minimum absolute atomic E-state index is 0.0171. The maximum absolute atomic E-state index is 13.3. The van der Waals surface area contributed by atoms with Gasteiger partial charge in [-0.15, -0.1) is 0 Å². The van der Waals surface area contributed by atoms with Gasteiger partial charge < -0.3 is 9.47 Å². The Hall–Kier alpha value is -2.61. The van der Waals surface area contributed by atoms with Crippen molar-refractivity contribution >= 4 is 21.7 Å². The topological polar surface area (TPSA) is 81.7 Å². The molecular formula is C16H16FNO5S. The highest BCUT2D eigenvalue weighted by Crippen LogP contribution is 2.22. The molecule has 0 bridgehead atoms. The van der Waals surface area contributed by atoms with E-state index in [0.29, 0.717) is 11.3 Å². The molecule has 0 aliphatic carbocycles. The molecule has 0 spiro atoms. The largest absolute Gasteiger partial charge is 0.482 e.